The molecule has 6 heteroatoms. The molecule has 0 saturated heterocycles. The van der Waals surface area contributed by atoms with E-state index in [0.29, 0.717) is 0 Å². The summed E-state index contributed by atoms with van der Waals surface area (Å²) >= 11 is 0. The predicted octanol–water partition coefficient (Wildman–Crippen LogP) is 2.36. The van der Waals surface area contributed by atoms with Crippen molar-refractivity contribution in [3.05, 3.63) is 0 Å². The molecule has 0 N–H and O–H groups in total. The Kier molecular flexibility index (Phi) is 6.19. The van der Waals surface area contributed by atoms with Crippen LogP contribution < -0.4 is 0 Å². The largest absolute Gasteiger partial charge is 0.465 e. The Morgan fingerprint density at radius 3 is 1.85 bits per heavy atom. The molecule has 0 aliphatic heterocycles. The first-order valence-electron chi connectivity index (χ1n) is 6.59. The summed E-state index contributed by atoms with van der Waals surface area (Å²) in [5.74, 6) is -1.13. The summed E-state index contributed by atoms with van der Waals surface area (Å²) in [4.78, 5) is 36.6. The van der Waals surface area contributed by atoms with Crippen molar-refractivity contribution >= 4 is 18.0 Å². The molecule has 0 aromatic rings. The Hall–Kier alpha value is -1.59. The molecule has 0 atom stereocenters. The lowest BCUT2D eigenvalue weighted by molar-refractivity contribution is -0.151. The fraction of sp³-hybridized carbons (Fsp3) is 0.786. The van der Waals surface area contributed by atoms with Crippen LogP contribution in [0.5, 0.6) is 0 Å². The summed E-state index contributed by atoms with van der Waals surface area (Å²) < 4.78 is 9.93. The number of hydrogen-bond acceptors (Lipinski definition) is 5. The van der Waals surface area contributed by atoms with Crippen molar-refractivity contribution in [2.45, 2.75) is 54.1 Å². The summed E-state index contributed by atoms with van der Waals surface area (Å²) in [6.07, 6.45) is -0.842. The molecule has 0 aromatic carbocycles. The molecule has 20 heavy (non-hydrogen) atoms. The molecular weight excluding hydrogens is 262 g/mol. The highest BCUT2D eigenvalue weighted by Gasteiger charge is 2.35. The van der Waals surface area contributed by atoms with Crippen LogP contribution in [0.4, 0.5) is 4.79 Å². The monoisotopic (exact) mass is 287 g/mol. The lowest BCUT2D eigenvalue weighted by Gasteiger charge is -2.29. The lowest BCUT2D eigenvalue weighted by atomic mass is 9.95. The fourth-order valence-electron chi connectivity index (χ4n) is 1.28. The summed E-state index contributed by atoms with van der Waals surface area (Å²) in [7, 11) is 0. The SMILES string of the molecule is CCOC(=O)CN(C(=O)OC(C)(C)C)C(=O)C(C)(C)C. The van der Waals surface area contributed by atoms with E-state index < -0.39 is 35.5 Å². The number of hydrogen-bond donors (Lipinski definition) is 0. The summed E-state index contributed by atoms with van der Waals surface area (Å²) in [5.41, 5.74) is -1.55. The maximum atomic E-state index is 12.2. The van der Waals surface area contributed by atoms with Crippen molar-refractivity contribution in [3.8, 4) is 0 Å². The van der Waals surface area contributed by atoms with Crippen LogP contribution in [0.2, 0.25) is 0 Å². The molecule has 0 spiro atoms. The maximum absolute atomic E-state index is 12.2. The normalized spacial score (nSPS) is 11.8. The average molecular weight is 287 g/mol. The number of amides is 2. The van der Waals surface area contributed by atoms with E-state index in [0.717, 1.165) is 4.90 Å². The van der Waals surface area contributed by atoms with Crippen molar-refractivity contribution in [3.63, 3.8) is 0 Å². The van der Waals surface area contributed by atoms with E-state index in [1.807, 2.05) is 0 Å². The molecule has 0 heterocycles. The molecule has 116 valence electrons. The van der Waals surface area contributed by atoms with Gasteiger partial charge in [0.1, 0.15) is 12.1 Å². The smallest absolute Gasteiger partial charge is 0.417 e. The van der Waals surface area contributed by atoms with Gasteiger partial charge in [0.2, 0.25) is 5.91 Å². The second kappa shape index (κ2) is 6.72. The zero-order chi connectivity index (χ0) is 16.1. The quantitative estimate of drug-likeness (QED) is 0.745. The number of esters is 1. The maximum Gasteiger partial charge on any atom is 0.417 e. The number of carbonyl (C=O) groups is 3. The van der Waals surface area contributed by atoms with Crippen LogP contribution >= 0.6 is 0 Å². The van der Waals surface area contributed by atoms with Gasteiger partial charge in [-0.1, -0.05) is 20.8 Å². The first-order chi connectivity index (χ1) is 8.88. The molecule has 0 aliphatic rings. The van der Waals surface area contributed by atoms with Crippen LogP contribution in [0.15, 0.2) is 0 Å². The third kappa shape index (κ3) is 6.54. The summed E-state index contributed by atoms with van der Waals surface area (Å²) in [6, 6.07) is 0. The number of imide groups is 1. The zero-order valence-electron chi connectivity index (χ0n) is 13.4. The third-order valence-electron chi connectivity index (χ3n) is 2.09. The van der Waals surface area contributed by atoms with Crippen molar-refractivity contribution in [2.75, 3.05) is 13.2 Å². The summed E-state index contributed by atoms with van der Waals surface area (Å²) in [5, 5.41) is 0. The van der Waals surface area contributed by atoms with Crippen LogP contribution in [0.1, 0.15) is 48.5 Å². The van der Waals surface area contributed by atoms with E-state index in [-0.39, 0.29) is 6.61 Å². The minimum Gasteiger partial charge on any atom is -0.465 e. The van der Waals surface area contributed by atoms with E-state index in [4.69, 9.17) is 9.47 Å². The van der Waals surface area contributed by atoms with Gasteiger partial charge >= 0.3 is 12.1 Å². The Morgan fingerprint density at radius 2 is 1.50 bits per heavy atom. The standard InChI is InChI=1S/C14H25NO5/c1-8-19-10(16)9-15(11(17)13(2,3)4)12(18)20-14(5,6)7/h8-9H2,1-7H3. The second-order valence-corrected chi connectivity index (χ2v) is 6.43. The Morgan fingerprint density at radius 1 is 1.00 bits per heavy atom. The van der Waals surface area contributed by atoms with Crippen LogP contribution in [0.3, 0.4) is 0 Å². The Bertz CT molecular complexity index is 376. The lowest BCUT2D eigenvalue weighted by Crippen LogP contribution is -2.48. The van der Waals surface area contributed by atoms with Gasteiger partial charge in [0.15, 0.2) is 0 Å². The van der Waals surface area contributed by atoms with Gasteiger partial charge in [0.05, 0.1) is 6.61 Å². The van der Waals surface area contributed by atoms with Crippen LogP contribution in [0, 0.1) is 5.41 Å². The Labute approximate surface area is 120 Å². The fourth-order valence-corrected chi connectivity index (χ4v) is 1.28. The molecule has 0 unspecified atom stereocenters. The number of rotatable bonds is 3. The Balaban J connectivity index is 5.12. The van der Waals surface area contributed by atoms with Crippen molar-refractivity contribution in [1.82, 2.24) is 4.90 Å². The first kappa shape index (κ1) is 18.4. The molecule has 0 aromatic heterocycles. The zero-order valence-corrected chi connectivity index (χ0v) is 13.4. The van der Waals surface area contributed by atoms with Crippen LogP contribution in [0.25, 0.3) is 0 Å². The van der Waals surface area contributed by atoms with Gasteiger partial charge in [-0.25, -0.2) is 9.69 Å². The van der Waals surface area contributed by atoms with Gasteiger partial charge in [0, 0.05) is 5.41 Å². The highest BCUT2D eigenvalue weighted by Crippen LogP contribution is 2.19. The van der Waals surface area contributed by atoms with Crippen LogP contribution in [-0.2, 0) is 19.1 Å². The van der Waals surface area contributed by atoms with E-state index in [9.17, 15) is 14.4 Å². The van der Waals surface area contributed by atoms with Crippen molar-refractivity contribution in [2.24, 2.45) is 5.41 Å². The molecule has 0 radical (unpaired) electrons. The molecule has 0 fully saturated rings. The molecule has 0 rings (SSSR count). The van der Waals surface area contributed by atoms with E-state index >= 15 is 0 Å². The highest BCUT2D eigenvalue weighted by molar-refractivity contribution is 5.97. The van der Waals surface area contributed by atoms with Crippen LogP contribution in [-0.4, -0.2) is 41.6 Å². The van der Waals surface area contributed by atoms with Gasteiger partial charge in [-0.05, 0) is 27.7 Å². The highest BCUT2D eigenvalue weighted by atomic mass is 16.6. The van der Waals surface area contributed by atoms with Gasteiger partial charge in [0.25, 0.3) is 0 Å². The number of carbonyl (C=O) groups excluding carboxylic acids is 3. The molecular formula is C14H25NO5. The molecule has 0 bridgehead atoms. The van der Waals surface area contributed by atoms with E-state index in [1.54, 1.807) is 48.5 Å². The van der Waals surface area contributed by atoms with E-state index in [2.05, 4.69) is 0 Å². The van der Waals surface area contributed by atoms with Gasteiger partial charge in [-0.3, -0.25) is 9.59 Å². The molecule has 2 amide bonds. The van der Waals surface area contributed by atoms with Gasteiger partial charge in [-0.2, -0.15) is 0 Å². The second-order valence-electron chi connectivity index (χ2n) is 6.43. The number of ether oxygens (including phenoxy) is 2. The predicted molar refractivity (Wildman–Crippen MR) is 74.0 cm³/mol. The summed E-state index contributed by atoms with van der Waals surface area (Å²) in [6.45, 7) is 11.5. The van der Waals surface area contributed by atoms with Crippen molar-refractivity contribution < 1.29 is 23.9 Å². The number of nitrogens with zero attached hydrogens (tertiary/aromatic N) is 1. The topological polar surface area (TPSA) is 72.9 Å². The molecule has 0 aliphatic carbocycles. The molecule has 6 nitrogen and oxygen atoms in total. The minimum atomic E-state index is -0.842. The van der Waals surface area contributed by atoms with Gasteiger partial charge < -0.3 is 9.47 Å². The van der Waals surface area contributed by atoms with E-state index in [1.165, 1.54) is 0 Å². The van der Waals surface area contributed by atoms with Gasteiger partial charge in [-0.15, -0.1) is 0 Å². The molecule has 0 saturated carbocycles. The third-order valence-corrected chi connectivity index (χ3v) is 2.09. The van der Waals surface area contributed by atoms with Crippen molar-refractivity contribution in [1.29, 1.82) is 0 Å². The first-order valence-corrected chi connectivity index (χ1v) is 6.59. The average Bonchev–Trinajstić information content (AvgIpc) is 2.21. The minimum absolute atomic E-state index is 0.185.